The maximum atomic E-state index is 9.16. The second-order valence-electron chi connectivity index (χ2n) is 6.13. The van der Waals surface area contributed by atoms with Gasteiger partial charge < -0.3 is 15.7 Å². The molecule has 18 heavy (non-hydrogen) atoms. The molecule has 108 valence electrons. The number of nitrogens with two attached hydrogens (primary N) is 1. The first-order valence-electron chi connectivity index (χ1n) is 7.31. The van der Waals surface area contributed by atoms with Crippen LogP contribution in [0.4, 0.5) is 0 Å². The lowest BCUT2D eigenvalue weighted by atomic mass is 9.98. The molecule has 0 aromatic carbocycles. The molecule has 1 aliphatic rings. The van der Waals surface area contributed by atoms with Gasteiger partial charge in [0.2, 0.25) is 0 Å². The van der Waals surface area contributed by atoms with Gasteiger partial charge >= 0.3 is 0 Å². The van der Waals surface area contributed by atoms with E-state index in [1.54, 1.807) is 0 Å². The van der Waals surface area contributed by atoms with Crippen LogP contribution in [0.2, 0.25) is 0 Å². The Morgan fingerprint density at radius 3 is 2.72 bits per heavy atom. The van der Waals surface area contributed by atoms with Gasteiger partial charge in [-0.3, -0.25) is 4.90 Å². The van der Waals surface area contributed by atoms with Gasteiger partial charge in [-0.25, -0.2) is 0 Å². The first-order valence-corrected chi connectivity index (χ1v) is 7.31. The molecule has 0 bridgehead atoms. The Morgan fingerprint density at radius 2 is 2.11 bits per heavy atom. The summed E-state index contributed by atoms with van der Waals surface area (Å²) in [7, 11) is 2.22. The molecule has 4 nitrogen and oxygen atoms in total. The molecule has 0 aromatic rings. The van der Waals surface area contributed by atoms with Gasteiger partial charge in [-0.1, -0.05) is 6.92 Å². The molecule has 0 radical (unpaired) electrons. The Balaban J connectivity index is 2.39. The molecule has 2 atom stereocenters. The van der Waals surface area contributed by atoms with Gasteiger partial charge in [0.25, 0.3) is 0 Å². The third-order valence-corrected chi connectivity index (χ3v) is 4.05. The normalized spacial score (nSPS) is 26.8. The summed E-state index contributed by atoms with van der Waals surface area (Å²) in [6, 6.07) is 0.677. The van der Waals surface area contributed by atoms with Gasteiger partial charge in [-0.05, 0) is 59.3 Å². The van der Waals surface area contributed by atoms with E-state index in [1.165, 1.54) is 32.5 Å². The van der Waals surface area contributed by atoms with Crippen LogP contribution < -0.4 is 5.73 Å². The number of hydrogen-bond acceptors (Lipinski definition) is 4. The maximum Gasteiger partial charge on any atom is 0.0608 e. The summed E-state index contributed by atoms with van der Waals surface area (Å²) in [6.45, 7) is 8.97. The first-order chi connectivity index (χ1) is 8.48. The fourth-order valence-corrected chi connectivity index (χ4v) is 2.74. The second-order valence-corrected chi connectivity index (χ2v) is 6.13. The Kier molecular flexibility index (Phi) is 6.57. The SMILES string of the molecule is CCC1CN(C)CCCN1CCCC(C)(N)CO. The second kappa shape index (κ2) is 7.43. The minimum atomic E-state index is -0.412. The average Bonchev–Trinajstić information content (AvgIpc) is 2.51. The Hall–Kier alpha value is -0.160. The highest BCUT2D eigenvalue weighted by Gasteiger charge is 2.23. The van der Waals surface area contributed by atoms with Crippen LogP contribution in [0, 0.1) is 0 Å². The van der Waals surface area contributed by atoms with E-state index in [2.05, 4.69) is 23.8 Å². The van der Waals surface area contributed by atoms with Gasteiger partial charge in [0.05, 0.1) is 6.61 Å². The molecule has 1 saturated heterocycles. The summed E-state index contributed by atoms with van der Waals surface area (Å²) in [5.74, 6) is 0. The molecule has 2 unspecified atom stereocenters. The van der Waals surface area contributed by atoms with Crippen molar-refractivity contribution in [2.45, 2.75) is 51.1 Å². The Morgan fingerprint density at radius 1 is 1.39 bits per heavy atom. The van der Waals surface area contributed by atoms with E-state index in [4.69, 9.17) is 10.8 Å². The van der Waals surface area contributed by atoms with E-state index < -0.39 is 5.54 Å². The quantitative estimate of drug-likeness (QED) is 0.742. The van der Waals surface area contributed by atoms with Crippen molar-refractivity contribution in [3.63, 3.8) is 0 Å². The van der Waals surface area contributed by atoms with E-state index in [9.17, 15) is 0 Å². The molecule has 0 amide bonds. The maximum absolute atomic E-state index is 9.16. The molecular formula is C14H31N3O. The Bertz CT molecular complexity index is 233. The minimum absolute atomic E-state index is 0.0763. The van der Waals surface area contributed by atoms with Crippen LogP contribution in [-0.4, -0.2) is 66.3 Å². The Labute approximate surface area is 112 Å². The predicted octanol–water partition coefficient (Wildman–Crippen LogP) is 0.892. The van der Waals surface area contributed by atoms with Crippen molar-refractivity contribution in [1.82, 2.24) is 9.80 Å². The molecule has 4 heteroatoms. The average molecular weight is 257 g/mol. The zero-order chi connectivity index (χ0) is 13.6. The van der Waals surface area contributed by atoms with E-state index in [0.29, 0.717) is 6.04 Å². The fourth-order valence-electron chi connectivity index (χ4n) is 2.74. The van der Waals surface area contributed by atoms with Crippen molar-refractivity contribution in [2.24, 2.45) is 5.73 Å². The zero-order valence-electron chi connectivity index (χ0n) is 12.4. The van der Waals surface area contributed by atoms with Gasteiger partial charge in [-0.15, -0.1) is 0 Å². The van der Waals surface area contributed by atoms with Crippen LogP contribution in [-0.2, 0) is 0 Å². The van der Waals surface area contributed by atoms with Crippen LogP contribution in [0.1, 0.15) is 39.5 Å². The zero-order valence-corrected chi connectivity index (χ0v) is 12.4. The minimum Gasteiger partial charge on any atom is -0.394 e. The van der Waals surface area contributed by atoms with Crippen molar-refractivity contribution in [2.75, 3.05) is 39.8 Å². The molecule has 3 N–H and O–H groups in total. The van der Waals surface area contributed by atoms with Crippen molar-refractivity contribution < 1.29 is 5.11 Å². The van der Waals surface area contributed by atoms with Gasteiger partial charge in [0.15, 0.2) is 0 Å². The summed E-state index contributed by atoms with van der Waals surface area (Å²) in [5, 5.41) is 9.16. The molecule has 1 fully saturated rings. The van der Waals surface area contributed by atoms with Crippen LogP contribution in [0.25, 0.3) is 0 Å². The molecule has 1 aliphatic heterocycles. The van der Waals surface area contributed by atoms with E-state index in [-0.39, 0.29) is 6.61 Å². The number of rotatable bonds is 6. The van der Waals surface area contributed by atoms with E-state index in [0.717, 1.165) is 19.4 Å². The summed E-state index contributed by atoms with van der Waals surface area (Å²) in [6.07, 6.45) is 4.44. The van der Waals surface area contributed by atoms with Crippen molar-refractivity contribution in [1.29, 1.82) is 0 Å². The van der Waals surface area contributed by atoms with Crippen LogP contribution >= 0.6 is 0 Å². The lowest BCUT2D eigenvalue weighted by Gasteiger charge is -2.31. The number of nitrogens with zero attached hydrogens (tertiary/aromatic N) is 2. The van der Waals surface area contributed by atoms with Crippen LogP contribution in [0.15, 0.2) is 0 Å². The number of hydrogen-bond donors (Lipinski definition) is 2. The van der Waals surface area contributed by atoms with E-state index in [1.807, 2.05) is 6.92 Å². The number of aliphatic hydroxyl groups is 1. The highest BCUT2D eigenvalue weighted by atomic mass is 16.3. The molecule has 0 aliphatic carbocycles. The monoisotopic (exact) mass is 257 g/mol. The largest absolute Gasteiger partial charge is 0.394 e. The summed E-state index contributed by atoms with van der Waals surface area (Å²) < 4.78 is 0. The third kappa shape index (κ3) is 5.22. The standard InChI is InChI=1S/C14H31N3O/c1-4-13-11-16(3)8-6-10-17(13)9-5-7-14(2,15)12-18/h13,18H,4-12,15H2,1-3H3. The molecule has 0 saturated carbocycles. The fraction of sp³-hybridized carbons (Fsp3) is 1.00. The van der Waals surface area contributed by atoms with Gasteiger partial charge in [0, 0.05) is 18.1 Å². The number of aliphatic hydroxyl groups excluding tert-OH is 1. The third-order valence-electron chi connectivity index (χ3n) is 4.05. The van der Waals surface area contributed by atoms with Crippen molar-refractivity contribution in [3.05, 3.63) is 0 Å². The molecule has 1 heterocycles. The van der Waals surface area contributed by atoms with Gasteiger partial charge in [-0.2, -0.15) is 0 Å². The lowest BCUT2D eigenvalue weighted by Crippen LogP contribution is -2.43. The molecule has 0 aromatic heterocycles. The summed E-state index contributed by atoms with van der Waals surface area (Å²) in [4.78, 5) is 5.05. The first kappa shape index (κ1) is 15.9. The van der Waals surface area contributed by atoms with E-state index >= 15 is 0 Å². The van der Waals surface area contributed by atoms with Gasteiger partial charge in [0.1, 0.15) is 0 Å². The lowest BCUT2D eigenvalue weighted by molar-refractivity contribution is 0.161. The topological polar surface area (TPSA) is 52.7 Å². The summed E-state index contributed by atoms with van der Waals surface area (Å²) >= 11 is 0. The van der Waals surface area contributed by atoms with Crippen molar-refractivity contribution in [3.8, 4) is 0 Å². The molecule has 0 spiro atoms. The smallest absolute Gasteiger partial charge is 0.0608 e. The van der Waals surface area contributed by atoms with Crippen molar-refractivity contribution >= 4 is 0 Å². The highest BCUT2D eigenvalue weighted by Crippen LogP contribution is 2.15. The highest BCUT2D eigenvalue weighted by molar-refractivity contribution is 4.81. The number of likely N-dealkylation sites (N-methyl/N-ethyl adjacent to an activating group) is 1. The van der Waals surface area contributed by atoms with Crippen LogP contribution in [0.5, 0.6) is 0 Å². The molecular weight excluding hydrogens is 226 g/mol. The predicted molar refractivity (Wildman–Crippen MR) is 76.7 cm³/mol. The van der Waals surface area contributed by atoms with Crippen LogP contribution in [0.3, 0.4) is 0 Å². The molecule has 1 rings (SSSR count). The summed E-state index contributed by atoms with van der Waals surface area (Å²) in [5.41, 5.74) is 5.56.